The quantitative estimate of drug-likeness (QED) is 0.500. The summed E-state index contributed by atoms with van der Waals surface area (Å²) in [6.45, 7) is 5.69. The molecule has 0 rings (SSSR count). The largest absolute Gasteiger partial charge is 0.106 e. The molecule has 0 saturated heterocycles. The zero-order chi connectivity index (χ0) is 9.23. The molecule has 0 aliphatic heterocycles. The van der Waals surface area contributed by atoms with Crippen molar-refractivity contribution in [2.45, 2.75) is 13.3 Å². The van der Waals surface area contributed by atoms with Crippen molar-refractivity contribution in [2.24, 2.45) is 0 Å². The van der Waals surface area contributed by atoms with Gasteiger partial charge in [0, 0.05) is 0 Å². The molecule has 0 heteroatoms. The second-order valence-electron chi connectivity index (χ2n) is 1.85. The van der Waals surface area contributed by atoms with Crippen LogP contribution in [0, 0.1) is 47.9 Å². The molecule has 0 N–H and O–H groups in total. The monoisotopic (exact) mass is 152 g/mol. The zero-order valence-corrected chi connectivity index (χ0v) is 6.99. The Morgan fingerprint density at radius 3 is 2.33 bits per heavy atom. The fourth-order valence-electron chi connectivity index (χ4n) is 0.338. The first-order valence-electron chi connectivity index (χ1n) is 3.45. The molecular weight excluding hydrogens is 144 g/mol. The molecular formula is C12H8. The van der Waals surface area contributed by atoms with Crippen LogP contribution in [-0.4, -0.2) is 0 Å². The van der Waals surface area contributed by atoms with E-state index in [4.69, 9.17) is 6.42 Å². The van der Waals surface area contributed by atoms with E-state index in [1.165, 1.54) is 0 Å². The van der Waals surface area contributed by atoms with Crippen LogP contribution in [0.5, 0.6) is 0 Å². The Balaban J connectivity index is 4.09. The van der Waals surface area contributed by atoms with Gasteiger partial charge in [0.05, 0.1) is 0 Å². The summed E-state index contributed by atoms with van der Waals surface area (Å²) < 4.78 is 0. The van der Waals surface area contributed by atoms with Gasteiger partial charge in [0.25, 0.3) is 0 Å². The molecule has 0 amide bonds. The minimum Gasteiger partial charge on any atom is -0.106 e. The Hall–Kier alpha value is -2.02. The lowest BCUT2D eigenvalue weighted by atomic mass is 10.2. The Morgan fingerprint density at radius 1 is 1.17 bits per heavy atom. The molecule has 0 aliphatic rings. The van der Waals surface area contributed by atoms with E-state index in [0.29, 0.717) is 0 Å². The van der Waals surface area contributed by atoms with E-state index in [1.807, 2.05) is 6.92 Å². The fourth-order valence-corrected chi connectivity index (χ4v) is 0.338. The van der Waals surface area contributed by atoms with Gasteiger partial charge in [-0.15, -0.1) is 6.42 Å². The second-order valence-corrected chi connectivity index (χ2v) is 1.85. The van der Waals surface area contributed by atoms with E-state index >= 15 is 0 Å². The molecule has 0 aromatic heterocycles. The van der Waals surface area contributed by atoms with Crippen LogP contribution in [0.3, 0.4) is 0 Å². The molecule has 0 nitrogen and oxygen atoms in total. The highest BCUT2D eigenvalue weighted by molar-refractivity contribution is 5.41. The van der Waals surface area contributed by atoms with Crippen LogP contribution in [-0.2, 0) is 0 Å². The lowest BCUT2D eigenvalue weighted by Crippen LogP contribution is -1.67. The van der Waals surface area contributed by atoms with E-state index in [1.54, 1.807) is 0 Å². The average molecular weight is 152 g/mol. The van der Waals surface area contributed by atoms with Crippen molar-refractivity contribution in [2.75, 3.05) is 0 Å². The van der Waals surface area contributed by atoms with Gasteiger partial charge in [0.15, 0.2) is 0 Å². The van der Waals surface area contributed by atoms with Crippen LogP contribution in [0.2, 0.25) is 0 Å². The van der Waals surface area contributed by atoms with Crippen molar-refractivity contribution in [3.63, 3.8) is 0 Å². The highest BCUT2D eigenvalue weighted by Gasteiger charge is 1.76. The highest BCUT2D eigenvalue weighted by Crippen LogP contribution is 1.90. The molecule has 56 valence electrons. The standard InChI is InChI=1S/C12H8/c1-4-6-7-8-9-10-11-12(3)5-2/h1H,3,5H2,2H3. The lowest BCUT2D eigenvalue weighted by molar-refractivity contribution is 1.17. The van der Waals surface area contributed by atoms with E-state index in [-0.39, 0.29) is 0 Å². The van der Waals surface area contributed by atoms with Crippen molar-refractivity contribution in [1.82, 2.24) is 0 Å². The topological polar surface area (TPSA) is 0 Å². The van der Waals surface area contributed by atoms with Gasteiger partial charge in [-0.2, -0.15) is 0 Å². The molecule has 0 radical (unpaired) electrons. The molecule has 0 unspecified atom stereocenters. The van der Waals surface area contributed by atoms with Crippen molar-refractivity contribution in [1.29, 1.82) is 0 Å². The van der Waals surface area contributed by atoms with Crippen molar-refractivity contribution >= 4 is 0 Å². The van der Waals surface area contributed by atoms with E-state index < -0.39 is 0 Å². The summed E-state index contributed by atoms with van der Waals surface area (Å²) in [7, 11) is 0. The minimum atomic E-state index is 0.852. The molecule has 0 aromatic carbocycles. The third-order valence-electron chi connectivity index (χ3n) is 0.988. The minimum absolute atomic E-state index is 0.852. The van der Waals surface area contributed by atoms with Gasteiger partial charge in [-0.1, -0.05) is 19.4 Å². The van der Waals surface area contributed by atoms with Gasteiger partial charge in [0.2, 0.25) is 0 Å². The molecule has 0 atom stereocenters. The van der Waals surface area contributed by atoms with E-state index in [9.17, 15) is 0 Å². The molecule has 0 heterocycles. The van der Waals surface area contributed by atoms with Crippen LogP contribution >= 0.6 is 0 Å². The molecule has 0 spiro atoms. The van der Waals surface area contributed by atoms with E-state index in [0.717, 1.165) is 12.0 Å². The molecule has 0 aromatic rings. The lowest BCUT2D eigenvalue weighted by Gasteiger charge is -1.81. The first-order valence-corrected chi connectivity index (χ1v) is 3.45. The zero-order valence-electron chi connectivity index (χ0n) is 6.99. The highest BCUT2D eigenvalue weighted by atomic mass is 13.8. The molecule has 0 fully saturated rings. The van der Waals surface area contributed by atoms with E-state index in [2.05, 4.69) is 48.0 Å². The first kappa shape index (κ1) is 9.98. The van der Waals surface area contributed by atoms with Crippen molar-refractivity contribution in [3.8, 4) is 47.9 Å². The van der Waals surface area contributed by atoms with Crippen molar-refractivity contribution < 1.29 is 0 Å². The van der Waals surface area contributed by atoms with Crippen LogP contribution in [0.25, 0.3) is 0 Å². The van der Waals surface area contributed by atoms with Crippen LogP contribution in [0.4, 0.5) is 0 Å². The van der Waals surface area contributed by atoms with Gasteiger partial charge >= 0.3 is 0 Å². The van der Waals surface area contributed by atoms with Gasteiger partial charge in [-0.3, -0.25) is 0 Å². The van der Waals surface area contributed by atoms with Gasteiger partial charge in [-0.05, 0) is 47.5 Å². The van der Waals surface area contributed by atoms with Crippen LogP contribution < -0.4 is 0 Å². The summed E-state index contributed by atoms with van der Waals surface area (Å²) in [6.07, 6.45) is 5.72. The maximum absolute atomic E-state index is 4.87. The second kappa shape index (κ2) is 7.09. The molecule has 0 bridgehead atoms. The Kier molecular flexibility index (Phi) is 5.90. The number of allylic oxidation sites excluding steroid dienone is 1. The Morgan fingerprint density at radius 2 is 1.75 bits per heavy atom. The SMILES string of the molecule is C#CC#CC#CC#CC(=C)CC. The number of hydrogen-bond donors (Lipinski definition) is 0. The predicted molar refractivity (Wildman–Crippen MR) is 51.6 cm³/mol. The summed E-state index contributed by atoms with van der Waals surface area (Å²) in [5, 5.41) is 0. The van der Waals surface area contributed by atoms with Gasteiger partial charge in [0.1, 0.15) is 0 Å². The third kappa shape index (κ3) is 6.11. The maximum atomic E-state index is 4.87. The predicted octanol–water partition coefficient (Wildman–Crippen LogP) is 1.60. The number of terminal acetylenes is 1. The molecule has 0 saturated carbocycles. The fraction of sp³-hybridized carbons (Fsp3) is 0.167. The average Bonchev–Trinajstić information content (AvgIpc) is 2.10. The summed E-state index contributed by atoms with van der Waals surface area (Å²) >= 11 is 0. The van der Waals surface area contributed by atoms with Crippen LogP contribution in [0.1, 0.15) is 13.3 Å². The number of rotatable bonds is 1. The smallest absolute Gasteiger partial charge is 0.0000226 e. The normalized spacial score (nSPS) is 5.33. The molecule has 0 aliphatic carbocycles. The Labute approximate surface area is 74.1 Å². The summed E-state index contributed by atoms with van der Waals surface area (Å²) in [4.78, 5) is 0. The summed E-state index contributed by atoms with van der Waals surface area (Å²) in [6, 6.07) is 0. The van der Waals surface area contributed by atoms with Crippen LogP contribution in [0.15, 0.2) is 12.2 Å². The van der Waals surface area contributed by atoms with Gasteiger partial charge < -0.3 is 0 Å². The first-order chi connectivity index (χ1) is 5.81. The number of hydrogen-bond acceptors (Lipinski definition) is 0. The van der Waals surface area contributed by atoms with Crippen molar-refractivity contribution in [3.05, 3.63) is 12.2 Å². The maximum Gasteiger partial charge on any atom is -0.0000226 e. The summed E-state index contributed by atoms with van der Waals surface area (Å²) in [5.41, 5.74) is 0.870. The Bertz CT molecular complexity index is 369. The third-order valence-corrected chi connectivity index (χ3v) is 0.988. The molecule has 12 heavy (non-hydrogen) atoms. The van der Waals surface area contributed by atoms with Gasteiger partial charge in [-0.25, -0.2) is 0 Å². The summed E-state index contributed by atoms with van der Waals surface area (Å²) in [5.74, 6) is 17.4.